The molecule has 4 nitrogen and oxygen atoms in total. The van der Waals surface area contributed by atoms with E-state index < -0.39 is 15.8 Å². The van der Waals surface area contributed by atoms with Crippen LogP contribution in [0, 0.1) is 11.3 Å². The molecule has 124 valence electrons. The first-order chi connectivity index (χ1) is 11.9. The third-order valence-electron chi connectivity index (χ3n) is 4.57. The van der Waals surface area contributed by atoms with Gasteiger partial charge in [-0.2, -0.15) is 5.26 Å². The van der Waals surface area contributed by atoms with E-state index in [1.54, 1.807) is 18.2 Å². The van der Waals surface area contributed by atoms with Crippen molar-refractivity contribution in [1.82, 2.24) is 5.32 Å². The maximum atomic E-state index is 13.2. The average Bonchev–Trinajstić information content (AvgIpc) is 2.82. The number of allylic oxidation sites excluding steroid dienone is 3. The predicted octanol–water partition coefficient (Wildman–Crippen LogP) is 4.09. The maximum absolute atomic E-state index is 13.2. The second-order valence-corrected chi connectivity index (χ2v) is 8.80. The molecule has 0 saturated carbocycles. The van der Waals surface area contributed by atoms with E-state index in [2.05, 4.69) is 27.3 Å². The number of hydrogen-bond acceptors (Lipinski definition) is 4. The summed E-state index contributed by atoms with van der Waals surface area (Å²) < 4.78 is 27.3. The summed E-state index contributed by atoms with van der Waals surface area (Å²) in [6.45, 7) is 1.81. The van der Waals surface area contributed by atoms with Gasteiger partial charge in [-0.05, 0) is 30.7 Å². The van der Waals surface area contributed by atoms with Gasteiger partial charge in [0, 0.05) is 15.7 Å². The Labute approximate surface area is 154 Å². The molecule has 6 heteroatoms. The van der Waals surface area contributed by atoms with Gasteiger partial charge in [-0.3, -0.25) is 0 Å². The number of fused-ring (bicyclic) bond motifs is 2. The minimum absolute atomic E-state index is 0.262. The molecule has 2 heterocycles. The molecule has 2 aromatic carbocycles. The number of sulfone groups is 1. The van der Waals surface area contributed by atoms with Crippen LogP contribution in [0.15, 0.2) is 74.1 Å². The van der Waals surface area contributed by atoms with Crippen LogP contribution in [-0.4, -0.2) is 8.42 Å². The Morgan fingerprint density at radius 1 is 1.12 bits per heavy atom. The highest BCUT2D eigenvalue weighted by atomic mass is 79.9. The minimum atomic E-state index is -3.66. The summed E-state index contributed by atoms with van der Waals surface area (Å²) in [4.78, 5) is 0.555. The highest BCUT2D eigenvalue weighted by molar-refractivity contribution is 9.10. The molecule has 0 bridgehead atoms. The summed E-state index contributed by atoms with van der Waals surface area (Å²) in [7, 11) is -3.66. The third-order valence-corrected chi connectivity index (χ3v) is 7.06. The lowest BCUT2D eigenvalue weighted by Gasteiger charge is -2.26. The van der Waals surface area contributed by atoms with Crippen molar-refractivity contribution in [3.63, 3.8) is 0 Å². The van der Waals surface area contributed by atoms with Crippen LogP contribution in [0.3, 0.4) is 0 Å². The molecule has 0 unspecified atom stereocenters. The Hall–Kier alpha value is -2.36. The van der Waals surface area contributed by atoms with E-state index >= 15 is 0 Å². The fourth-order valence-corrected chi connectivity index (χ4v) is 5.66. The molecule has 0 aliphatic carbocycles. The van der Waals surface area contributed by atoms with Crippen LogP contribution in [0.1, 0.15) is 24.0 Å². The zero-order valence-corrected chi connectivity index (χ0v) is 15.6. The number of nitrogens with one attached hydrogen (secondary N) is 1. The van der Waals surface area contributed by atoms with Crippen LogP contribution < -0.4 is 5.32 Å². The van der Waals surface area contributed by atoms with Crippen LogP contribution in [0.4, 0.5) is 0 Å². The van der Waals surface area contributed by atoms with Crippen molar-refractivity contribution in [2.45, 2.75) is 17.7 Å². The molecular weight excluding hydrogens is 400 g/mol. The molecule has 2 aromatic rings. The van der Waals surface area contributed by atoms with Crippen molar-refractivity contribution >= 4 is 31.5 Å². The predicted molar refractivity (Wildman–Crippen MR) is 98.9 cm³/mol. The van der Waals surface area contributed by atoms with E-state index in [0.29, 0.717) is 27.4 Å². The van der Waals surface area contributed by atoms with E-state index in [0.717, 1.165) is 10.0 Å². The number of halogens is 1. The zero-order chi connectivity index (χ0) is 17.8. The van der Waals surface area contributed by atoms with Crippen molar-refractivity contribution in [2.24, 2.45) is 0 Å². The zero-order valence-electron chi connectivity index (χ0n) is 13.2. The van der Waals surface area contributed by atoms with Crippen LogP contribution in [-0.2, 0) is 9.84 Å². The monoisotopic (exact) mass is 412 g/mol. The lowest BCUT2D eigenvalue weighted by atomic mass is 9.86. The molecule has 0 radical (unpaired) electrons. The molecule has 0 spiro atoms. The van der Waals surface area contributed by atoms with E-state index in [-0.39, 0.29) is 4.91 Å². The smallest absolute Gasteiger partial charge is 0.206 e. The van der Waals surface area contributed by atoms with Gasteiger partial charge in [-0.15, -0.1) is 0 Å². The van der Waals surface area contributed by atoms with Crippen molar-refractivity contribution in [2.75, 3.05) is 0 Å². The normalized spacial score (nSPS) is 20.6. The molecule has 0 fully saturated rings. The Bertz CT molecular complexity index is 1110. The van der Waals surface area contributed by atoms with Crippen LogP contribution >= 0.6 is 15.9 Å². The minimum Gasteiger partial charge on any atom is -0.357 e. The topological polar surface area (TPSA) is 70.0 Å². The van der Waals surface area contributed by atoms with Gasteiger partial charge in [-0.25, -0.2) is 8.42 Å². The van der Waals surface area contributed by atoms with Gasteiger partial charge in [0.15, 0.2) is 0 Å². The highest BCUT2D eigenvalue weighted by Crippen LogP contribution is 2.50. The van der Waals surface area contributed by atoms with Crippen molar-refractivity contribution in [3.8, 4) is 6.07 Å². The average molecular weight is 413 g/mol. The quantitative estimate of drug-likeness (QED) is 0.765. The fraction of sp³-hybridized carbons (Fsp3) is 0.105. The Morgan fingerprint density at radius 3 is 2.48 bits per heavy atom. The Morgan fingerprint density at radius 2 is 1.80 bits per heavy atom. The van der Waals surface area contributed by atoms with Crippen molar-refractivity contribution < 1.29 is 8.42 Å². The van der Waals surface area contributed by atoms with Gasteiger partial charge in [0.1, 0.15) is 0 Å². The second kappa shape index (κ2) is 5.58. The molecule has 1 N–H and O–H groups in total. The Balaban J connectivity index is 2.02. The number of dihydropyridines is 1. The largest absolute Gasteiger partial charge is 0.357 e. The highest BCUT2D eigenvalue weighted by Gasteiger charge is 2.44. The van der Waals surface area contributed by atoms with E-state index in [9.17, 15) is 13.7 Å². The first kappa shape index (κ1) is 16.1. The van der Waals surface area contributed by atoms with Gasteiger partial charge in [0.2, 0.25) is 9.84 Å². The molecule has 1 atom stereocenters. The van der Waals surface area contributed by atoms with Crippen LogP contribution in [0.5, 0.6) is 0 Å². The second-order valence-electron chi connectivity index (χ2n) is 6.00. The fourth-order valence-electron chi connectivity index (χ4n) is 3.45. The standard InChI is InChI=1S/C19H13BrN2O2S/c1-11-15(10-21)17(12-6-8-13(20)9-7-12)19-18(22-11)14-4-2-3-5-16(14)25(19,23)24/h2-9,17,22H,1H3/t17-/m1/s1. The van der Waals surface area contributed by atoms with Crippen LogP contribution in [0.2, 0.25) is 0 Å². The third kappa shape index (κ3) is 2.27. The number of benzene rings is 2. The summed E-state index contributed by atoms with van der Waals surface area (Å²) in [5.41, 5.74) is 3.14. The number of rotatable bonds is 1. The summed E-state index contributed by atoms with van der Waals surface area (Å²) >= 11 is 3.40. The van der Waals surface area contributed by atoms with Gasteiger partial charge >= 0.3 is 0 Å². The first-order valence-electron chi connectivity index (χ1n) is 7.67. The lowest BCUT2D eigenvalue weighted by Crippen LogP contribution is -2.24. The van der Waals surface area contributed by atoms with Gasteiger partial charge < -0.3 is 5.32 Å². The van der Waals surface area contributed by atoms with E-state index in [1.807, 2.05) is 37.3 Å². The van der Waals surface area contributed by atoms with E-state index in [4.69, 9.17) is 0 Å². The molecule has 25 heavy (non-hydrogen) atoms. The SMILES string of the molecule is CC1=C(C#N)[C@@H](c2ccc(Br)cc2)C2=C(N1)c1ccccc1S2(=O)=O. The van der Waals surface area contributed by atoms with Crippen molar-refractivity contribution in [1.29, 1.82) is 5.26 Å². The van der Waals surface area contributed by atoms with Gasteiger partial charge in [0.05, 0.1) is 33.1 Å². The lowest BCUT2D eigenvalue weighted by molar-refractivity contribution is 0.600. The molecule has 0 amide bonds. The van der Waals surface area contributed by atoms with Crippen LogP contribution in [0.25, 0.3) is 5.70 Å². The molecule has 2 aliphatic rings. The summed E-state index contributed by atoms with van der Waals surface area (Å²) in [6, 6.07) is 16.6. The molecule has 4 rings (SSSR count). The number of nitrogens with zero attached hydrogens (tertiary/aromatic N) is 1. The molecule has 2 aliphatic heterocycles. The Kier molecular flexibility index (Phi) is 3.60. The maximum Gasteiger partial charge on any atom is 0.206 e. The van der Waals surface area contributed by atoms with Gasteiger partial charge in [-0.1, -0.05) is 46.3 Å². The molecular formula is C19H13BrN2O2S. The summed E-state index contributed by atoms with van der Waals surface area (Å²) in [6.07, 6.45) is 0. The first-order valence-corrected chi connectivity index (χ1v) is 9.95. The van der Waals surface area contributed by atoms with Gasteiger partial charge in [0.25, 0.3) is 0 Å². The summed E-state index contributed by atoms with van der Waals surface area (Å²) in [5.74, 6) is -0.605. The molecule has 0 saturated heterocycles. The number of hydrogen-bond donors (Lipinski definition) is 1. The summed E-state index contributed by atoms with van der Waals surface area (Å²) in [5, 5.41) is 12.8. The van der Waals surface area contributed by atoms with Crippen molar-refractivity contribution in [3.05, 3.63) is 80.3 Å². The number of nitriles is 1. The van der Waals surface area contributed by atoms with E-state index in [1.165, 1.54) is 0 Å². The molecule has 0 aromatic heterocycles.